The Balaban J connectivity index is 2.33. The number of nitrogens with two attached hydrogens (primary N) is 1. The first kappa shape index (κ1) is 13.9. The van der Waals surface area contributed by atoms with Gasteiger partial charge in [0.05, 0.1) is 12.4 Å². The van der Waals surface area contributed by atoms with Crippen molar-refractivity contribution in [1.29, 1.82) is 0 Å². The minimum absolute atomic E-state index is 0.0367. The molecule has 0 bridgehead atoms. The molecule has 0 aromatic rings. The lowest BCUT2D eigenvalue weighted by molar-refractivity contribution is 0.180. The molecule has 0 aliphatic carbocycles. The maximum Gasteiger partial charge on any atom is 0.211 e. The third-order valence-corrected chi connectivity index (χ3v) is 4.46. The fourth-order valence-corrected chi connectivity index (χ4v) is 3.28. The van der Waals surface area contributed by atoms with Gasteiger partial charge in [0.2, 0.25) is 10.0 Å². The van der Waals surface area contributed by atoms with Crippen LogP contribution in [0.2, 0.25) is 0 Å². The predicted octanol–water partition coefficient (Wildman–Crippen LogP) is 0.0697. The molecule has 1 rings (SSSR count). The number of hydrogen-bond acceptors (Lipinski definition) is 4. The minimum Gasteiger partial charge on any atom is -0.381 e. The Bertz CT molecular complexity index is 286. The average molecular weight is 250 g/mol. The zero-order valence-electron chi connectivity index (χ0n) is 9.81. The molecular formula is C10H22N2O3S. The highest BCUT2D eigenvalue weighted by molar-refractivity contribution is 7.89. The summed E-state index contributed by atoms with van der Waals surface area (Å²) in [7, 11) is -3.15. The molecule has 0 amide bonds. The quantitative estimate of drug-likeness (QED) is 0.627. The molecule has 3 N–H and O–H groups in total. The second kappa shape index (κ2) is 6.54. The van der Waals surface area contributed by atoms with Gasteiger partial charge in [-0.05, 0) is 32.7 Å². The van der Waals surface area contributed by atoms with Gasteiger partial charge >= 0.3 is 0 Å². The number of unbranched alkanes of at least 4 members (excludes halogenated alkanes) is 1. The van der Waals surface area contributed by atoms with Crippen LogP contribution in [0.25, 0.3) is 0 Å². The van der Waals surface area contributed by atoms with E-state index in [1.165, 1.54) is 0 Å². The van der Waals surface area contributed by atoms with E-state index in [1.54, 1.807) is 0 Å². The molecule has 0 aromatic heterocycles. The molecule has 1 heterocycles. The molecule has 16 heavy (non-hydrogen) atoms. The molecule has 96 valence electrons. The third kappa shape index (κ3) is 4.78. The van der Waals surface area contributed by atoms with Crippen LogP contribution in [0, 0.1) is 5.92 Å². The molecule has 1 saturated heterocycles. The largest absolute Gasteiger partial charge is 0.381 e. The summed E-state index contributed by atoms with van der Waals surface area (Å²) in [5.74, 6) is 0.478. The van der Waals surface area contributed by atoms with E-state index in [0.29, 0.717) is 25.5 Å². The van der Waals surface area contributed by atoms with Crippen molar-refractivity contribution in [2.75, 3.05) is 25.5 Å². The Morgan fingerprint density at radius 1 is 1.50 bits per heavy atom. The Hall–Kier alpha value is -0.170. The Kier molecular flexibility index (Phi) is 5.68. The number of hydrogen-bond donors (Lipinski definition) is 2. The summed E-state index contributed by atoms with van der Waals surface area (Å²) in [5, 5.41) is 0. The molecule has 1 aliphatic rings. The molecular weight excluding hydrogens is 228 g/mol. The highest BCUT2D eigenvalue weighted by Gasteiger charge is 2.25. The van der Waals surface area contributed by atoms with Gasteiger partial charge < -0.3 is 10.5 Å². The fourth-order valence-electron chi connectivity index (χ4n) is 1.82. The smallest absolute Gasteiger partial charge is 0.211 e. The summed E-state index contributed by atoms with van der Waals surface area (Å²) in [6, 6.07) is -0.0367. The van der Waals surface area contributed by atoms with Gasteiger partial charge in [-0.3, -0.25) is 0 Å². The van der Waals surface area contributed by atoms with Crippen LogP contribution in [0.5, 0.6) is 0 Å². The molecule has 0 radical (unpaired) electrons. The predicted molar refractivity (Wildman–Crippen MR) is 63.6 cm³/mol. The Morgan fingerprint density at radius 2 is 2.25 bits per heavy atom. The van der Waals surface area contributed by atoms with Crippen LogP contribution < -0.4 is 10.5 Å². The molecule has 2 atom stereocenters. The van der Waals surface area contributed by atoms with Gasteiger partial charge in [0.15, 0.2) is 0 Å². The summed E-state index contributed by atoms with van der Waals surface area (Å²) in [5.41, 5.74) is 5.33. The van der Waals surface area contributed by atoms with Crippen molar-refractivity contribution in [3.8, 4) is 0 Å². The van der Waals surface area contributed by atoms with Gasteiger partial charge in [-0.2, -0.15) is 0 Å². The van der Waals surface area contributed by atoms with Crippen LogP contribution in [0.15, 0.2) is 0 Å². The lowest BCUT2D eigenvalue weighted by atomic mass is 10.0. The van der Waals surface area contributed by atoms with E-state index in [4.69, 9.17) is 10.5 Å². The number of sulfonamides is 1. The summed E-state index contributed by atoms with van der Waals surface area (Å²) >= 11 is 0. The molecule has 5 nitrogen and oxygen atoms in total. The average Bonchev–Trinajstić information content (AvgIpc) is 2.69. The Morgan fingerprint density at radius 3 is 2.81 bits per heavy atom. The van der Waals surface area contributed by atoms with E-state index >= 15 is 0 Å². The van der Waals surface area contributed by atoms with Crippen molar-refractivity contribution in [2.24, 2.45) is 11.7 Å². The first-order valence-electron chi connectivity index (χ1n) is 5.83. The zero-order valence-corrected chi connectivity index (χ0v) is 10.6. The van der Waals surface area contributed by atoms with Crippen LogP contribution >= 0.6 is 0 Å². The Labute approximate surface area is 97.8 Å². The van der Waals surface area contributed by atoms with Gasteiger partial charge in [0, 0.05) is 18.6 Å². The van der Waals surface area contributed by atoms with Gasteiger partial charge in [-0.25, -0.2) is 13.1 Å². The topological polar surface area (TPSA) is 81.4 Å². The van der Waals surface area contributed by atoms with Gasteiger partial charge in [-0.1, -0.05) is 0 Å². The van der Waals surface area contributed by atoms with Crippen molar-refractivity contribution in [1.82, 2.24) is 4.72 Å². The van der Waals surface area contributed by atoms with Crippen molar-refractivity contribution in [3.05, 3.63) is 0 Å². The maximum atomic E-state index is 11.7. The van der Waals surface area contributed by atoms with E-state index in [0.717, 1.165) is 19.4 Å². The molecule has 0 spiro atoms. The maximum absolute atomic E-state index is 11.7. The van der Waals surface area contributed by atoms with Crippen LogP contribution in [0.1, 0.15) is 26.2 Å². The van der Waals surface area contributed by atoms with Gasteiger partial charge in [0.1, 0.15) is 0 Å². The van der Waals surface area contributed by atoms with Crippen molar-refractivity contribution >= 4 is 10.0 Å². The second-order valence-electron chi connectivity index (χ2n) is 4.34. The molecule has 1 fully saturated rings. The second-order valence-corrected chi connectivity index (χ2v) is 6.22. The molecule has 1 aliphatic heterocycles. The summed E-state index contributed by atoms with van der Waals surface area (Å²) in [6.45, 7) is 3.85. The van der Waals surface area contributed by atoms with E-state index in [-0.39, 0.29) is 11.8 Å². The molecule has 2 unspecified atom stereocenters. The molecule has 6 heteroatoms. The number of rotatable bonds is 7. The monoisotopic (exact) mass is 250 g/mol. The zero-order chi connectivity index (χ0) is 12.0. The highest BCUT2D eigenvalue weighted by atomic mass is 32.2. The van der Waals surface area contributed by atoms with E-state index < -0.39 is 10.0 Å². The van der Waals surface area contributed by atoms with Crippen molar-refractivity contribution in [3.63, 3.8) is 0 Å². The molecule has 0 aromatic carbocycles. The normalized spacial score (nSPS) is 23.5. The highest BCUT2D eigenvalue weighted by Crippen LogP contribution is 2.17. The summed E-state index contributed by atoms with van der Waals surface area (Å²) < 4.78 is 31.3. The van der Waals surface area contributed by atoms with Gasteiger partial charge in [-0.15, -0.1) is 0 Å². The van der Waals surface area contributed by atoms with Gasteiger partial charge in [0.25, 0.3) is 0 Å². The van der Waals surface area contributed by atoms with Crippen molar-refractivity contribution < 1.29 is 13.2 Å². The third-order valence-electron chi connectivity index (χ3n) is 2.90. The molecule has 0 saturated carbocycles. The lowest BCUT2D eigenvalue weighted by Gasteiger charge is -2.19. The first-order chi connectivity index (χ1) is 7.55. The standard InChI is InChI=1S/C10H22N2O3S/c1-9(10-4-6-15-8-10)12-16(13,14)7-3-2-5-11/h9-10,12H,2-8,11H2,1H3. The minimum atomic E-state index is -3.15. The van der Waals surface area contributed by atoms with E-state index in [1.807, 2.05) is 6.92 Å². The summed E-state index contributed by atoms with van der Waals surface area (Å²) in [4.78, 5) is 0. The fraction of sp³-hybridized carbons (Fsp3) is 1.00. The lowest BCUT2D eigenvalue weighted by Crippen LogP contribution is -2.39. The number of ether oxygens (including phenoxy) is 1. The first-order valence-corrected chi connectivity index (χ1v) is 7.48. The van der Waals surface area contributed by atoms with Crippen LogP contribution in [-0.2, 0) is 14.8 Å². The van der Waals surface area contributed by atoms with Crippen molar-refractivity contribution in [2.45, 2.75) is 32.2 Å². The van der Waals surface area contributed by atoms with Crippen LogP contribution in [0.3, 0.4) is 0 Å². The van der Waals surface area contributed by atoms with E-state index in [9.17, 15) is 8.42 Å². The van der Waals surface area contributed by atoms with Crippen LogP contribution in [0.4, 0.5) is 0 Å². The van der Waals surface area contributed by atoms with E-state index in [2.05, 4.69) is 4.72 Å². The number of nitrogens with one attached hydrogen (secondary N) is 1. The summed E-state index contributed by atoms with van der Waals surface area (Å²) in [6.07, 6.45) is 2.31. The van der Waals surface area contributed by atoms with Crippen LogP contribution in [-0.4, -0.2) is 40.0 Å². The SMILES string of the molecule is CC(NS(=O)(=O)CCCCN)C1CCOC1.